The Balaban J connectivity index is 3.44. The summed E-state index contributed by atoms with van der Waals surface area (Å²) in [5.74, 6) is -0.823. The van der Waals surface area contributed by atoms with Crippen LogP contribution in [0.4, 0.5) is 0 Å². The maximum Gasteiger partial charge on any atom is 0.352 e. The van der Waals surface area contributed by atoms with E-state index < -0.39 is 11.9 Å². The topological polar surface area (TPSA) is 75.6 Å². The van der Waals surface area contributed by atoms with Gasteiger partial charge in [-0.15, -0.1) is 0 Å². The Bertz CT molecular complexity index is 551. The number of aliphatic carboxylic acids is 1. The molecule has 0 bridgehead atoms. The lowest BCUT2D eigenvalue weighted by molar-refractivity contribution is -0.134. The highest BCUT2D eigenvalue weighted by atomic mass is 16.5. The second-order valence-corrected chi connectivity index (χ2v) is 4.61. The van der Waals surface area contributed by atoms with Gasteiger partial charge in [-0.2, -0.15) is 0 Å². The molecule has 0 spiro atoms. The molecule has 114 valence electrons. The van der Waals surface area contributed by atoms with Crippen molar-refractivity contribution in [1.82, 2.24) is 5.32 Å². The Labute approximate surface area is 124 Å². The van der Waals surface area contributed by atoms with Crippen molar-refractivity contribution in [1.29, 1.82) is 0 Å². The van der Waals surface area contributed by atoms with Gasteiger partial charge in [0.05, 0.1) is 7.11 Å². The molecule has 5 nitrogen and oxygen atoms in total. The van der Waals surface area contributed by atoms with Crippen LogP contribution >= 0.6 is 0 Å². The summed E-state index contributed by atoms with van der Waals surface area (Å²) < 4.78 is 5.26. The SMILES string of the molecule is CCc1cc(OC)cc(CC)c1/C=C(/NC(C)=O)C(=O)O. The van der Waals surface area contributed by atoms with Crippen LogP contribution < -0.4 is 10.1 Å². The normalized spacial score (nSPS) is 11.1. The van der Waals surface area contributed by atoms with E-state index in [4.69, 9.17) is 4.74 Å². The molecule has 0 aliphatic heterocycles. The standard InChI is InChI=1S/C16H21NO4/c1-5-11-7-13(21-4)8-12(6-2)14(11)9-15(16(19)20)17-10(3)18/h7-9H,5-6H2,1-4H3,(H,17,18)(H,19,20)/b15-9+. The molecule has 1 amide bonds. The van der Waals surface area contributed by atoms with E-state index in [1.54, 1.807) is 7.11 Å². The molecule has 5 heteroatoms. The van der Waals surface area contributed by atoms with Crippen LogP contribution in [-0.4, -0.2) is 24.1 Å². The number of amides is 1. The van der Waals surface area contributed by atoms with Gasteiger partial charge in [0.15, 0.2) is 0 Å². The largest absolute Gasteiger partial charge is 0.497 e. The van der Waals surface area contributed by atoms with E-state index >= 15 is 0 Å². The summed E-state index contributed by atoms with van der Waals surface area (Å²) in [7, 11) is 1.60. The van der Waals surface area contributed by atoms with Crippen molar-refractivity contribution < 1.29 is 19.4 Å². The maximum atomic E-state index is 11.3. The van der Waals surface area contributed by atoms with Crippen molar-refractivity contribution in [2.75, 3.05) is 7.11 Å². The zero-order chi connectivity index (χ0) is 16.0. The molecule has 0 aromatic heterocycles. The molecule has 0 aliphatic rings. The Morgan fingerprint density at radius 2 is 1.76 bits per heavy atom. The fraction of sp³-hybridized carbons (Fsp3) is 0.375. The zero-order valence-corrected chi connectivity index (χ0v) is 12.8. The molecule has 0 radical (unpaired) electrons. The number of nitrogens with one attached hydrogen (secondary N) is 1. The minimum Gasteiger partial charge on any atom is -0.497 e. The van der Waals surface area contributed by atoms with Crippen molar-refractivity contribution >= 4 is 18.0 Å². The van der Waals surface area contributed by atoms with Crippen LogP contribution in [0.3, 0.4) is 0 Å². The Hall–Kier alpha value is -2.30. The van der Waals surface area contributed by atoms with Gasteiger partial charge in [0, 0.05) is 6.92 Å². The summed E-state index contributed by atoms with van der Waals surface area (Å²) in [5, 5.41) is 11.6. The predicted octanol–water partition coefficient (Wildman–Crippen LogP) is 2.38. The van der Waals surface area contributed by atoms with E-state index in [-0.39, 0.29) is 5.70 Å². The van der Waals surface area contributed by atoms with E-state index in [2.05, 4.69) is 5.32 Å². The lowest BCUT2D eigenvalue weighted by atomic mass is 9.96. The highest BCUT2D eigenvalue weighted by Gasteiger charge is 2.13. The molecule has 0 atom stereocenters. The van der Waals surface area contributed by atoms with E-state index in [1.807, 2.05) is 26.0 Å². The van der Waals surface area contributed by atoms with Gasteiger partial charge < -0.3 is 15.2 Å². The Kier molecular flexibility index (Phi) is 5.96. The lowest BCUT2D eigenvalue weighted by Gasteiger charge is -2.14. The van der Waals surface area contributed by atoms with Gasteiger partial charge in [0.2, 0.25) is 5.91 Å². The van der Waals surface area contributed by atoms with Gasteiger partial charge in [-0.05, 0) is 47.7 Å². The fourth-order valence-electron chi connectivity index (χ4n) is 2.12. The van der Waals surface area contributed by atoms with Crippen LogP contribution in [0.2, 0.25) is 0 Å². The van der Waals surface area contributed by atoms with Crippen LogP contribution in [-0.2, 0) is 22.4 Å². The van der Waals surface area contributed by atoms with Crippen molar-refractivity contribution in [3.63, 3.8) is 0 Å². The van der Waals surface area contributed by atoms with Gasteiger partial charge in [-0.3, -0.25) is 4.79 Å². The van der Waals surface area contributed by atoms with E-state index in [0.717, 1.165) is 35.3 Å². The number of hydrogen-bond acceptors (Lipinski definition) is 3. The number of hydrogen-bond donors (Lipinski definition) is 2. The molecule has 0 saturated carbocycles. The number of carbonyl (C=O) groups is 2. The molecule has 1 aromatic rings. The van der Waals surface area contributed by atoms with E-state index in [9.17, 15) is 14.7 Å². The monoisotopic (exact) mass is 291 g/mol. The Morgan fingerprint density at radius 3 is 2.10 bits per heavy atom. The average Bonchev–Trinajstić information content (AvgIpc) is 2.45. The highest BCUT2D eigenvalue weighted by Crippen LogP contribution is 2.26. The smallest absolute Gasteiger partial charge is 0.352 e. The van der Waals surface area contributed by atoms with Crippen LogP contribution in [0.25, 0.3) is 6.08 Å². The molecular weight excluding hydrogens is 270 g/mol. The van der Waals surface area contributed by atoms with Gasteiger partial charge in [-0.25, -0.2) is 4.79 Å². The summed E-state index contributed by atoms with van der Waals surface area (Å²) >= 11 is 0. The summed E-state index contributed by atoms with van der Waals surface area (Å²) in [4.78, 5) is 22.4. The third-order valence-electron chi connectivity index (χ3n) is 3.15. The number of methoxy groups -OCH3 is 1. The van der Waals surface area contributed by atoms with Gasteiger partial charge >= 0.3 is 5.97 Å². The summed E-state index contributed by atoms with van der Waals surface area (Å²) in [6.45, 7) is 5.26. The predicted molar refractivity (Wildman–Crippen MR) is 81.2 cm³/mol. The minimum atomic E-state index is -1.16. The van der Waals surface area contributed by atoms with Crippen molar-refractivity contribution in [2.45, 2.75) is 33.6 Å². The van der Waals surface area contributed by atoms with E-state index in [1.165, 1.54) is 13.0 Å². The van der Waals surface area contributed by atoms with Gasteiger partial charge in [0.25, 0.3) is 0 Å². The third kappa shape index (κ3) is 4.34. The molecule has 2 N–H and O–H groups in total. The second-order valence-electron chi connectivity index (χ2n) is 4.61. The summed E-state index contributed by atoms with van der Waals surface area (Å²) in [5.41, 5.74) is 2.66. The minimum absolute atomic E-state index is 0.128. The molecule has 1 aromatic carbocycles. The first-order valence-corrected chi connectivity index (χ1v) is 6.85. The van der Waals surface area contributed by atoms with Crippen LogP contribution in [0, 0.1) is 0 Å². The van der Waals surface area contributed by atoms with Crippen molar-refractivity contribution in [2.24, 2.45) is 0 Å². The maximum absolute atomic E-state index is 11.3. The molecule has 21 heavy (non-hydrogen) atoms. The van der Waals surface area contributed by atoms with Crippen molar-refractivity contribution in [3.8, 4) is 5.75 Å². The van der Waals surface area contributed by atoms with Gasteiger partial charge in [0.1, 0.15) is 11.4 Å². The molecule has 0 fully saturated rings. The Morgan fingerprint density at radius 1 is 1.24 bits per heavy atom. The quantitative estimate of drug-likeness (QED) is 0.789. The summed E-state index contributed by atoms with van der Waals surface area (Å²) in [6, 6.07) is 3.77. The van der Waals surface area contributed by atoms with Gasteiger partial charge in [-0.1, -0.05) is 13.8 Å². The lowest BCUT2D eigenvalue weighted by Crippen LogP contribution is -2.24. The molecule has 0 heterocycles. The third-order valence-corrected chi connectivity index (χ3v) is 3.15. The molecule has 0 unspecified atom stereocenters. The number of carbonyl (C=O) groups excluding carboxylic acids is 1. The number of ether oxygens (including phenoxy) is 1. The summed E-state index contributed by atoms with van der Waals surface area (Å²) in [6.07, 6.45) is 2.99. The fourth-order valence-corrected chi connectivity index (χ4v) is 2.12. The first-order chi connectivity index (χ1) is 9.92. The molecule has 1 rings (SSSR count). The van der Waals surface area contributed by atoms with Crippen LogP contribution in [0.5, 0.6) is 5.75 Å². The number of carboxylic acid groups (broad SMARTS) is 1. The molecule has 0 aliphatic carbocycles. The first kappa shape index (κ1) is 16.8. The van der Waals surface area contributed by atoms with Crippen LogP contribution in [0.1, 0.15) is 37.5 Å². The average molecular weight is 291 g/mol. The van der Waals surface area contributed by atoms with Crippen molar-refractivity contribution in [3.05, 3.63) is 34.5 Å². The number of benzene rings is 1. The van der Waals surface area contributed by atoms with E-state index in [0.29, 0.717) is 0 Å². The highest BCUT2D eigenvalue weighted by molar-refractivity contribution is 5.96. The number of rotatable bonds is 6. The molecular formula is C16H21NO4. The molecule has 0 saturated heterocycles. The second kappa shape index (κ2) is 7.47. The zero-order valence-electron chi connectivity index (χ0n) is 12.8. The first-order valence-electron chi connectivity index (χ1n) is 6.85. The number of carboxylic acids is 1. The van der Waals surface area contributed by atoms with Crippen LogP contribution in [0.15, 0.2) is 17.8 Å². The number of aryl methyl sites for hydroxylation is 2.